The molecule has 0 aliphatic heterocycles. The third-order valence-corrected chi connectivity index (χ3v) is 3.22. The van der Waals surface area contributed by atoms with Gasteiger partial charge in [-0.1, -0.05) is 18.2 Å². The lowest BCUT2D eigenvalue weighted by atomic mass is 10.2. The zero-order valence-electron chi connectivity index (χ0n) is 12.0. The molecule has 5 nitrogen and oxygen atoms in total. The Morgan fingerprint density at radius 1 is 1.19 bits per heavy atom. The van der Waals surface area contributed by atoms with E-state index >= 15 is 0 Å². The summed E-state index contributed by atoms with van der Waals surface area (Å²) >= 11 is 0. The Hall–Kier alpha value is -2.56. The lowest BCUT2D eigenvalue weighted by Gasteiger charge is -2.19. The molecule has 0 radical (unpaired) electrons. The minimum Gasteiger partial charge on any atom is -0.619 e. The summed E-state index contributed by atoms with van der Waals surface area (Å²) in [6, 6.07) is 13.1. The second-order valence-corrected chi connectivity index (χ2v) is 4.81. The maximum atomic E-state index is 11.8. The van der Waals surface area contributed by atoms with Crippen LogP contribution in [0.5, 0.6) is 0 Å². The molecule has 0 aliphatic rings. The second-order valence-electron chi connectivity index (χ2n) is 4.81. The molecular formula is C16H19N3O2. The summed E-state index contributed by atoms with van der Waals surface area (Å²) in [6.07, 6.45) is 3.49. The van der Waals surface area contributed by atoms with E-state index in [1.54, 1.807) is 0 Å². The molecule has 0 atom stereocenters. The van der Waals surface area contributed by atoms with Crippen LogP contribution in [-0.4, -0.2) is 26.0 Å². The number of hydrogen-bond donors (Lipinski definition) is 1. The highest BCUT2D eigenvalue weighted by Gasteiger charge is 2.06. The van der Waals surface area contributed by atoms with E-state index < -0.39 is 0 Å². The molecule has 1 N–H and O–H groups in total. The number of carbonyl (C=O) groups excluding carboxylic acids is 1. The molecular weight excluding hydrogens is 266 g/mol. The number of aromatic nitrogens is 1. The summed E-state index contributed by atoms with van der Waals surface area (Å²) in [5, 5.41) is 13.7. The zero-order valence-corrected chi connectivity index (χ0v) is 12.0. The molecule has 0 saturated heterocycles. The molecule has 5 heteroatoms. The summed E-state index contributed by atoms with van der Waals surface area (Å²) in [5.74, 6) is -0.155. The van der Waals surface area contributed by atoms with E-state index in [1.165, 1.54) is 24.5 Å². The van der Waals surface area contributed by atoms with Crippen molar-refractivity contribution in [3.63, 3.8) is 0 Å². The summed E-state index contributed by atoms with van der Waals surface area (Å²) in [4.78, 5) is 14.0. The molecule has 0 saturated carbocycles. The average molecular weight is 285 g/mol. The van der Waals surface area contributed by atoms with Crippen molar-refractivity contribution in [3.05, 3.63) is 65.6 Å². The van der Waals surface area contributed by atoms with Crippen molar-refractivity contribution in [2.45, 2.75) is 6.42 Å². The van der Waals surface area contributed by atoms with Gasteiger partial charge in [-0.15, -0.1) is 0 Å². The maximum Gasteiger partial charge on any atom is 0.251 e. The van der Waals surface area contributed by atoms with Gasteiger partial charge in [-0.05, 0) is 18.6 Å². The van der Waals surface area contributed by atoms with Crippen LogP contribution >= 0.6 is 0 Å². The van der Waals surface area contributed by atoms with E-state index in [9.17, 15) is 10.0 Å². The molecule has 110 valence electrons. The Kier molecular flexibility index (Phi) is 5.15. The number of hydrogen-bond acceptors (Lipinski definition) is 3. The summed E-state index contributed by atoms with van der Waals surface area (Å²) in [6.45, 7) is 1.46. The lowest BCUT2D eigenvalue weighted by molar-refractivity contribution is -0.605. The van der Waals surface area contributed by atoms with Crippen LogP contribution in [0, 0.1) is 5.21 Å². The number of anilines is 1. The number of rotatable bonds is 6. The Balaban J connectivity index is 1.72. The van der Waals surface area contributed by atoms with Gasteiger partial charge >= 0.3 is 0 Å². The standard InChI is InChI=1S/C16H19N3O2/c1-18(15-6-3-2-4-7-15)11-5-10-17-16(20)14-8-12-19(21)13-9-14/h2-4,6-9,12-13H,5,10-11H2,1H3,(H,17,20). The first-order valence-corrected chi connectivity index (χ1v) is 6.90. The molecule has 0 unspecified atom stereocenters. The maximum absolute atomic E-state index is 11.8. The largest absolute Gasteiger partial charge is 0.619 e. The number of nitrogens with zero attached hydrogens (tertiary/aromatic N) is 2. The highest BCUT2D eigenvalue weighted by molar-refractivity contribution is 5.93. The van der Waals surface area contributed by atoms with Gasteiger partial charge < -0.3 is 15.4 Å². The van der Waals surface area contributed by atoms with Gasteiger partial charge in [-0.2, -0.15) is 4.73 Å². The van der Waals surface area contributed by atoms with Crippen molar-refractivity contribution in [3.8, 4) is 0 Å². The fourth-order valence-electron chi connectivity index (χ4n) is 2.00. The van der Waals surface area contributed by atoms with Gasteiger partial charge in [0.1, 0.15) is 0 Å². The molecule has 0 fully saturated rings. The number of pyridine rings is 1. The van der Waals surface area contributed by atoms with Crippen molar-refractivity contribution in [1.82, 2.24) is 5.32 Å². The highest BCUT2D eigenvalue weighted by Crippen LogP contribution is 2.10. The first-order chi connectivity index (χ1) is 10.2. The van der Waals surface area contributed by atoms with Crippen LogP contribution in [0.4, 0.5) is 5.69 Å². The Labute approximate surface area is 124 Å². The Bertz CT molecular complexity index is 570. The van der Waals surface area contributed by atoms with E-state index in [4.69, 9.17) is 0 Å². The number of amides is 1. The lowest BCUT2D eigenvalue weighted by Crippen LogP contribution is -2.30. The zero-order chi connectivity index (χ0) is 15.1. The van der Waals surface area contributed by atoms with Crippen molar-refractivity contribution >= 4 is 11.6 Å². The van der Waals surface area contributed by atoms with Crippen LogP contribution in [0.25, 0.3) is 0 Å². The number of para-hydroxylation sites is 1. The van der Waals surface area contributed by atoms with Crippen molar-refractivity contribution < 1.29 is 9.52 Å². The van der Waals surface area contributed by atoms with E-state index in [0.29, 0.717) is 16.8 Å². The summed E-state index contributed by atoms with van der Waals surface area (Å²) < 4.78 is 0.658. The third-order valence-electron chi connectivity index (χ3n) is 3.22. The predicted molar refractivity (Wildman–Crippen MR) is 82.1 cm³/mol. The molecule has 21 heavy (non-hydrogen) atoms. The van der Waals surface area contributed by atoms with Crippen LogP contribution < -0.4 is 14.9 Å². The molecule has 0 spiro atoms. The minimum atomic E-state index is -0.155. The molecule has 2 aromatic rings. The SMILES string of the molecule is CN(CCCNC(=O)c1cc[n+]([O-])cc1)c1ccccc1. The molecule has 1 aromatic carbocycles. The van der Waals surface area contributed by atoms with E-state index in [-0.39, 0.29) is 5.91 Å². The molecule has 1 amide bonds. The first-order valence-electron chi connectivity index (χ1n) is 6.90. The smallest absolute Gasteiger partial charge is 0.251 e. The minimum absolute atomic E-state index is 0.155. The molecule has 0 bridgehead atoms. The van der Waals surface area contributed by atoms with E-state index in [1.807, 2.05) is 25.2 Å². The molecule has 1 heterocycles. The van der Waals surface area contributed by atoms with E-state index in [2.05, 4.69) is 22.3 Å². The van der Waals surface area contributed by atoms with Crippen LogP contribution in [0.1, 0.15) is 16.8 Å². The van der Waals surface area contributed by atoms with Gasteiger partial charge in [0.25, 0.3) is 5.91 Å². The summed E-state index contributed by atoms with van der Waals surface area (Å²) in [7, 11) is 2.03. The number of benzene rings is 1. The molecule has 2 rings (SSSR count). The normalized spacial score (nSPS) is 10.1. The number of nitrogens with one attached hydrogen (secondary N) is 1. The average Bonchev–Trinajstić information content (AvgIpc) is 2.52. The van der Waals surface area contributed by atoms with Crippen molar-refractivity contribution in [2.24, 2.45) is 0 Å². The topological polar surface area (TPSA) is 59.3 Å². The van der Waals surface area contributed by atoms with E-state index in [0.717, 1.165) is 18.7 Å². The van der Waals surface area contributed by atoms with Gasteiger partial charge in [-0.25, -0.2) is 0 Å². The van der Waals surface area contributed by atoms with Crippen molar-refractivity contribution in [2.75, 3.05) is 25.0 Å². The summed E-state index contributed by atoms with van der Waals surface area (Å²) in [5.41, 5.74) is 1.66. The quantitative estimate of drug-likeness (QED) is 0.498. The van der Waals surface area contributed by atoms with Gasteiger partial charge in [0.15, 0.2) is 12.4 Å². The highest BCUT2D eigenvalue weighted by atomic mass is 16.5. The van der Waals surface area contributed by atoms with Gasteiger partial charge in [0.05, 0.1) is 5.56 Å². The first kappa shape index (κ1) is 14.8. The molecule has 1 aromatic heterocycles. The second kappa shape index (κ2) is 7.28. The molecule has 0 aliphatic carbocycles. The Morgan fingerprint density at radius 3 is 2.52 bits per heavy atom. The van der Waals surface area contributed by atoms with Gasteiger partial charge in [-0.3, -0.25) is 4.79 Å². The van der Waals surface area contributed by atoms with Crippen molar-refractivity contribution in [1.29, 1.82) is 0 Å². The number of carbonyl (C=O) groups is 1. The fraction of sp³-hybridized carbons (Fsp3) is 0.250. The fourth-order valence-corrected chi connectivity index (χ4v) is 2.00. The Morgan fingerprint density at radius 2 is 1.86 bits per heavy atom. The van der Waals surface area contributed by atoms with Crippen LogP contribution in [0.2, 0.25) is 0 Å². The van der Waals surface area contributed by atoms with Crippen LogP contribution in [-0.2, 0) is 0 Å². The third kappa shape index (κ3) is 4.49. The van der Waals surface area contributed by atoms with Gasteiger partial charge in [0, 0.05) is 38.0 Å². The predicted octanol–water partition coefficient (Wildman–Crippen LogP) is 1.58. The van der Waals surface area contributed by atoms with Gasteiger partial charge in [0.2, 0.25) is 0 Å². The monoisotopic (exact) mass is 285 g/mol. The van der Waals surface area contributed by atoms with Crippen LogP contribution in [0.15, 0.2) is 54.9 Å². The van der Waals surface area contributed by atoms with Crippen LogP contribution in [0.3, 0.4) is 0 Å².